The van der Waals surface area contributed by atoms with Crippen molar-refractivity contribution in [2.24, 2.45) is 5.73 Å². The summed E-state index contributed by atoms with van der Waals surface area (Å²) < 4.78 is 13.4. The maximum atomic E-state index is 13.4. The third-order valence-corrected chi connectivity index (χ3v) is 1.66. The van der Waals surface area contributed by atoms with Crippen LogP contribution in [-0.2, 0) is 4.79 Å². The van der Waals surface area contributed by atoms with E-state index < -0.39 is 22.3 Å². The van der Waals surface area contributed by atoms with Crippen LogP contribution in [0.15, 0.2) is 18.2 Å². The first-order chi connectivity index (χ1) is 7.52. The first-order valence-electron chi connectivity index (χ1n) is 4.22. The molecule has 5 nitrogen and oxygen atoms in total. The SMILES string of the molecule is NC(=O)CC#Cc1cccc([N+](=O)[O-])c1F. The van der Waals surface area contributed by atoms with E-state index in [1.807, 2.05) is 0 Å². The Morgan fingerprint density at radius 2 is 2.25 bits per heavy atom. The second kappa shape index (κ2) is 4.89. The number of nitro benzene ring substituents is 1. The van der Waals surface area contributed by atoms with E-state index in [1.54, 1.807) is 0 Å². The molecule has 0 aliphatic rings. The second-order valence-electron chi connectivity index (χ2n) is 2.84. The number of hydrogen-bond donors (Lipinski definition) is 1. The van der Waals surface area contributed by atoms with Crippen molar-refractivity contribution in [3.8, 4) is 11.8 Å². The molecule has 82 valence electrons. The highest BCUT2D eigenvalue weighted by atomic mass is 19.1. The molecule has 0 radical (unpaired) electrons. The third-order valence-electron chi connectivity index (χ3n) is 1.66. The summed E-state index contributed by atoms with van der Waals surface area (Å²) in [5, 5.41) is 10.4. The largest absolute Gasteiger partial charge is 0.369 e. The van der Waals surface area contributed by atoms with Gasteiger partial charge >= 0.3 is 5.69 Å². The van der Waals surface area contributed by atoms with Gasteiger partial charge in [-0.3, -0.25) is 14.9 Å². The fourth-order valence-electron chi connectivity index (χ4n) is 0.984. The lowest BCUT2D eigenvalue weighted by atomic mass is 10.2. The molecule has 6 heteroatoms. The molecule has 1 aromatic rings. The summed E-state index contributed by atoms with van der Waals surface area (Å²) in [6, 6.07) is 3.64. The molecule has 0 spiro atoms. The number of nitro groups is 1. The first kappa shape index (κ1) is 11.7. The van der Waals surface area contributed by atoms with Gasteiger partial charge in [0, 0.05) is 6.07 Å². The summed E-state index contributed by atoms with van der Waals surface area (Å²) in [4.78, 5) is 19.9. The van der Waals surface area contributed by atoms with Gasteiger partial charge in [0.15, 0.2) is 0 Å². The van der Waals surface area contributed by atoms with Crippen molar-refractivity contribution in [1.29, 1.82) is 0 Å². The highest BCUT2D eigenvalue weighted by molar-refractivity contribution is 5.76. The lowest BCUT2D eigenvalue weighted by Gasteiger charge is -1.95. The lowest BCUT2D eigenvalue weighted by Crippen LogP contribution is -2.08. The molecular weight excluding hydrogens is 215 g/mol. The van der Waals surface area contributed by atoms with Crippen molar-refractivity contribution in [1.82, 2.24) is 0 Å². The van der Waals surface area contributed by atoms with Crippen LogP contribution in [0, 0.1) is 27.8 Å². The van der Waals surface area contributed by atoms with Crippen molar-refractivity contribution in [2.45, 2.75) is 6.42 Å². The summed E-state index contributed by atoms with van der Waals surface area (Å²) in [6.45, 7) is 0. The molecule has 0 saturated carbocycles. The summed E-state index contributed by atoms with van der Waals surface area (Å²) >= 11 is 0. The maximum Gasteiger partial charge on any atom is 0.306 e. The van der Waals surface area contributed by atoms with Crippen molar-refractivity contribution in [2.75, 3.05) is 0 Å². The van der Waals surface area contributed by atoms with E-state index in [1.165, 1.54) is 12.1 Å². The van der Waals surface area contributed by atoms with E-state index in [0.29, 0.717) is 0 Å². The normalized spacial score (nSPS) is 9.06. The van der Waals surface area contributed by atoms with Gasteiger partial charge in [-0.1, -0.05) is 17.9 Å². The van der Waals surface area contributed by atoms with Crippen LogP contribution >= 0.6 is 0 Å². The molecule has 0 aromatic heterocycles. The van der Waals surface area contributed by atoms with Crippen molar-refractivity contribution in [3.63, 3.8) is 0 Å². The average Bonchev–Trinajstić information content (AvgIpc) is 2.19. The Bertz CT molecular complexity index is 503. The minimum Gasteiger partial charge on any atom is -0.369 e. The number of halogens is 1. The second-order valence-corrected chi connectivity index (χ2v) is 2.84. The number of carbonyl (C=O) groups is 1. The number of benzene rings is 1. The molecule has 1 amide bonds. The fourth-order valence-corrected chi connectivity index (χ4v) is 0.984. The van der Waals surface area contributed by atoms with E-state index in [9.17, 15) is 19.3 Å². The molecule has 0 heterocycles. The minimum absolute atomic E-state index is 0.129. The molecule has 0 unspecified atom stereocenters. The average molecular weight is 222 g/mol. The summed E-state index contributed by atoms with van der Waals surface area (Å²) in [7, 11) is 0. The Balaban J connectivity index is 3.05. The molecule has 0 aliphatic carbocycles. The standard InChI is InChI=1S/C10H7FN2O3/c11-10-7(4-2-6-9(12)14)3-1-5-8(10)13(15)16/h1,3,5H,6H2,(H2,12,14). The zero-order valence-electron chi connectivity index (χ0n) is 8.07. The Hall–Kier alpha value is -2.42. The number of carbonyl (C=O) groups excluding carboxylic acids is 1. The van der Waals surface area contributed by atoms with Gasteiger partial charge < -0.3 is 5.73 Å². The zero-order chi connectivity index (χ0) is 12.1. The van der Waals surface area contributed by atoms with E-state index in [-0.39, 0.29) is 12.0 Å². The van der Waals surface area contributed by atoms with Crippen LogP contribution in [0.2, 0.25) is 0 Å². The first-order valence-corrected chi connectivity index (χ1v) is 4.22. The third kappa shape index (κ3) is 2.78. The molecule has 0 atom stereocenters. The van der Waals surface area contributed by atoms with Crippen LogP contribution in [-0.4, -0.2) is 10.8 Å². The minimum atomic E-state index is -1.01. The van der Waals surface area contributed by atoms with Crippen LogP contribution in [0.4, 0.5) is 10.1 Å². The van der Waals surface area contributed by atoms with Crippen LogP contribution in [0.25, 0.3) is 0 Å². The van der Waals surface area contributed by atoms with Crippen molar-refractivity contribution < 1.29 is 14.1 Å². The zero-order valence-corrected chi connectivity index (χ0v) is 8.07. The van der Waals surface area contributed by atoms with Crippen LogP contribution in [0.1, 0.15) is 12.0 Å². The van der Waals surface area contributed by atoms with Crippen LogP contribution < -0.4 is 5.73 Å². The Labute approximate surface area is 90.2 Å². The molecule has 1 aromatic carbocycles. The predicted molar refractivity (Wildman–Crippen MR) is 53.7 cm³/mol. The highest BCUT2D eigenvalue weighted by Crippen LogP contribution is 2.19. The van der Waals surface area contributed by atoms with Crippen LogP contribution in [0.3, 0.4) is 0 Å². The molecule has 0 aliphatic heterocycles. The predicted octanol–water partition coefficient (Wildman–Crippen LogP) is 0.961. The number of rotatable bonds is 2. The number of primary amides is 1. The Morgan fingerprint density at radius 3 is 2.81 bits per heavy atom. The van der Waals surface area contributed by atoms with E-state index in [2.05, 4.69) is 11.8 Å². The van der Waals surface area contributed by atoms with Gasteiger partial charge in [0.05, 0.1) is 16.9 Å². The fraction of sp³-hybridized carbons (Fsp3) is 0.100. The van der Waals surface area contributed by atoms with Gasteiger partial charge in [0.2, 0.25) is 11.7 Å². The monoisotopic (exact) mass is 222 g/mol. The molecule has 0 fully saturated rings. The molecule has 0 saturated heterocycles. The number of amides is 1. The number of nitrogens with zero attached hydrogens (tertiary/aromatic N) is 1. The Kier molecular flexibility index (Phi) is 3.56. The van der Waals surface area contributed by atoms with Crippen molar-refractivity contribution in [3.05, 3.63) is 39.7 Å². The molecule has 16 heavy (non-hydrogen) atoms. The lowest BCUT2D eigenvalue weighted by molar-refractivity contribution is -0.387. The summed E-state index contributed by atoms with van der Waals surface area (Å²) in [6.07, 6.45) is -0.220. The van der Waals surface area contributed by atoms with Gasteiger partial charge in [0.1, 0.15) is 0 Å². The van der Waals surface area contributed by atoms with E-state index in [4.69, 9.17) is 5.73 Å². The molecule has 2 N–H and O–H groups in total. The van der Waals surface area contributed by atoms with Gasteiger partial charge in [-0.2, -0.15) is 4.39 Å². The number of nitrogens with two attached hydrogens (primary N) is 1. The topological polar surface area (TPSA) is 86.2 Å². The molecular formula is C10H7FN2O3. The van der Waals surface area contributed by atoms with Crippen molar-refractivity contribution >= 4 is 11.6 Å². The highest BCUT2D eigenvalue weighted by Gasteiger charge is 2.15. The molecule has 0 bridgehead atoms. The van der Waals surface area contributed by atoms with Gasteiger partial charge in [-0.15, -0.1) is 0 Å². The van der Waals surface area contributed by atoms with Crippen LogP contribution in [0.5, 0.6) is 0 Å². The smallest absolute Gasteiger partial charge is 0.306 e. The number of hydrogen-bond acceptors (Lipinski definition) is 3. The Morgan fingerprint density at radius 1 is 1.56 bits per heavy atom. The quantitative estimate of drug-likeness (QED) is 0.459. The van der Waals surface area contributed by atoms with E-state index >= 15 is 0 Å². The van der Waals surface area contributed by atoms with Gasteiger partial charge in [-0.05, 0) is 6.07 Å². The summed E-state index contributed by atoms with van der Waals surface area (Å²) in [5.74, 6) is 2.98. The molecule has 1 rings (SSSR count). The van der Waals surface area contributed by atoms with Gasteiger partial charge in [0.25, 0.3) is 0 Å². The maximum absolute atomic E-state index is 13.4. The summed E-state index contributed by atoms with van der Waals surface area (Å²) in [5.41, 5.74) is 4.05. The van der Waals surface area contributed by atoms with E-state index in [0.717, 1.165) is 6.07 Å². The van der Waals surface area contributed by atoms with Gasteiger partial charge in [-0.25, -0.2) is 0 Å².